The Hall–Kier alpha value is -3.16. The maximum Gasteiger partial charge on any atom is 0.358 e. The van der Waals surface area contributed by atoms with E-state index in [9.17, 15) is 14.4 Å². The Balaban J connectivity index is 1.77. The average Bonchev–Trinajstić information content (AvgIpc) is 3.06. The van der Waals surface area contributed by atoms with E-state index in [1.54, 1.807) is 18.7 Å². The molecule has 1 unspecified atom stereocenters. The molecule has 1 aliphatic heterocycles. The molecule has 0 saturated heterocycles. The van der Waals surface area contributed by atoms with E-state index < -0.39 is 11.5 Å². The Morgan fingerprint density at radius 1 is 1.18 bits per heavy atom. The maximum atomic E-state index is 13.9. The number of hydrogen-bond donors (Lipinski definition) is 1. The van der Waals surface area contributed by atoms with Gasteiger partial charge in [-0.1, -0.05) is 37.8 Å². The Morgan fingerprint density at radius 2 is 1.88 bits per heavy atom. The Bertz CT molecular complexity index is 1100. The number of nitrogens with zero attached hydrogens (tertiary/aromatic N) is 3. The first-order valence-corrected chi connectivity index (χ1v) is 12.2. The third-order valence-corrected chi connectivity index (χ3v) is 7.13. The van der Waals surface area contributed by atoms with Crippen molar-refractivity contribution in [2.24, 2.45) is 0 Å². The van der Waals surface area contributed by atoms with Crippen LogP contribution in [0.5, 0.6) is 0 Å². The third kappa shape index (κ3) is 4.33. The average molecular weight is 467 g/mol. The number of ether oxygens (including phenoxy) is 1. The molecule has 2 aromatic rings. The summed E-state index contributed by atoms with van der Waals surface area (Å²) >= 11 is 0. The van der Waals surface area contributed by atoms with Gasteiger partial charge in [-0.25, -0.2) is 4.79 Å². The quantitative estimate of drug-likeness (QED) is 0.532. The van der Waals surface area contributed by atoms with Crippen molar-refractivity contribution in [3.63, 3.8) is 0 Å². The number of rotatable bonds is 5. The van der Waals surface area contributed by atoms with E-state index in [0.29, 0.717) is 5.69 Å². The molecule has 2 aliphatic rings. The summed E-state index contributed by atoms with van der Waals surface area (Å²) in [6.07, 6.45) is 6.44. The van der Waals surface area contributed by atoms with Crippen LogP contribution in [0, 0.1) is 13.8 Å². The van der Waals surface area contributed by atoms with Gasteiger partial charge in [0.25, 0.3) is 5.91 Å². The van der Waals surface area contributed by atoms with Gasteiger partial charge in [0.1, 0.15) is 11.2 Å². The van der Waals surface area contributed by atoms with Crippen molar-refractivity contribution < 1.29 is 19.1 Å². The predicted octanol–water partition coefficient (Wildman–Crippen LogP) is 3.93. The van der Waals surface area contributed by atoms with Gasteiger partial charge in [0.05, 0.1) is 13.2 Å². The molecular formula is C26H34N4O4. The topological polar surface area (TPSA) is 93.5 Å². The highest BCUT2D eigenvalue weighted by Gasteiger charge is 2.50. The maximum absolute atomic E-state index is 13.9. The number of carbonyl (C=O) groups excluding carboxylic acids is 3. The van der Waals surface area contributed by atoms with Gasteiger partial charge < -0.3 is 10.1 Å². The van der Waals surface area contributed by atoms with E-state index in [4.69, 9.17) is 4.74 Å². The minimum absolute atomic E-state index is 0.0690. The van der Waals surface area contributed by atoms with Gasteiger partial charge in [0.15, 0.2) is 5.69 Å². The lowest BCUT2D eigenvalue weighted by atomic mass is 9.91. The summed E-state index contributed by atoms with van der Waals surface area (Å²) in [4.78, 5) is 41.6. The predicted molar refractivity (Wildman–Crippen MR) is 129 cm³/mol. The fourth-order valence-corrected chi connectivity index (χ4v) is 5.01. The molecule has 1 saturated carbocycles. The molecule has 0 radical (unpaired) electrons. The van der Waals surface area contributed by atoms with Crippen molar-refractivity contribution in [1.29, 1.82) is 0 Å². The summed E-state index contributed by atoms with van der Waals surface area (Å²) in [5.41, 5.74) is 1.77. The minimum Gasteiger partial charge on any atom is -0.461 e. The second kappa shape index (κ2) is 9.60. The van der Waals surface area contributed by atoms with Crippen molar-refractivity contribution in [3.8, 4) is 0 Å². The van der Waals surface area contributed by atoms with E-state index >= 15 is 0 Å². The summed E-state index contributed by atoms with van der Waals surface area (Å²) in [6, 6.07) is 7.30. The van der Waals surface area contributed by atoms with Gasteiger partial charge in [-0.05, 0) is 57.7 Å². The van der Waals surface area contributed by atoms with Crippen LogP contribution in [-0.2, 0) is 16.1 Å². The SMILES string of the molecule is CCOC(=O)c1cc2n(n1)CC(C)(C(=O)NC1CCCCCC1)N(c1cccc(C)c1C)C2=O. The zero-order valence-electron chi connectivity index (χ0n) is 20.5. The van der Waals surface area contributed by atoms with Crippen molar-refractivity contribution in [2.45, 2.75) is 84.3 Å². The third-order valence-electron chi connectivity index (χ3n) is 7.13. The highest BCUT2D eigenvalue weighted by Crippen LogP contribution is 2.36. The number of aryl methyl sites for hydroxylation is 1. The second-order valence-electron chi connectivity index (χ2n) is 9.59. The minimum atomic E-state index is -1.22. The van der Waals surface area contributed by atoms with Crippen LogP contribution in [0.2, 0.25) is 0 Å². The van der Waals surface area contributed by atoms with Crippen molar-refractivity contribution in [1.82, 2.24) is 15.1 Å². The number of hydrogen-bond acceptors (Lipinski definition) is 5. The molecule has 34 heavy (non-hydrogen) atoms. The molecule has 1 aromatic heterocycles. The zero-order chi connectivity index (χ0) is 24.5. The Labute approximate surface area is 200 Å². The largest absolute Gasteiger partial charge is 0.461 e. The van der Waals surface area contributed by atoms with Gasteiger partial charge in [-0.2, -0.15) is 5.10 Å². The normalized spacial score (nSPS) is 21.1. The van der Waals surface area contributed by atoms with E-state index in [0.717, 1.165) is 36.8 Å². The number of benzene rings is 1. The van der Waals surface area contributed by atoms with Gasteiger partial charge in [0.2, 0.25) is 5.91 Å². The molecule has 8 heteroatoms. The molecule has 8 nitrogen and oxygen atoms in total. The lowest BCUT2D eigenvalue weighted by Gasteiger charge is -2.44. The number of carbonyl (C=O) groups is 3. The fraction of sp³-hybridized carbons (Fsp3) is 0.538. The van der Waals surface area contributed by atoms with Crippen LogP contribution in [-0.4, -0.2) is 45.8 Å². The van der Waals surface area contributed by atoms with Gasteiger partial charge in [0, 0.05) is 17.8 Å². The number of fused-ring (bicyclic) bond motifs is 1. The molecule has 1 atom stereocenters. The van der Waals surface area contributed by atoms with E-state index in [2.05, 4.69) is 10.4 Å². The first-order chi connectivity index (χ1) is 16.3. The Morgan fingerprint density at radius 3 is 2.56 bits per heavy atom. The number of amides is 2. The van der Waals surface area contributed by atoms with Crippen LogP contribution in [0.4, 0.5) is 5.69 Å². The number of aromatic nitrogens is 2. The molecule has 1 aromatic carbocycles. The van der Waals surface area contributed by atoms with Crippen LogP contribution < -0.4 is 10.2 Å². The van der Waals surface area contributed by atoms with Gasteiger partial charge in [-0.15, -0.1) is 0 Å². The molecule has 1 N–H and O–H groups in total. The molecule has 2 amide bonds. The molecule has 1 fully saturated rings. The van der Waals surface area contributed by atoms with Crippen LogP contribution in [0.1, 0.15) is 84.5 Å². The van der Waals surface area contributed by atoms with E-state index in [1.807, 2.05) is 32.0 Å². The summed E-state index contributed by atoms with van der Waals surface area (Å²) in [6.45, 7) is 7.80. The fourth-order valence-electron chi connectivity index (χ4n) is 5.01. The first kappa shape index (κ1) is 24.0. The molecule has 0 bridgehead atoms. The van der Waals surface area contributed by atoms with Crippen molar-refractivity contribution >= 4 is 23.5 Å². The number of nitrogens with one attached hydrogen (secondary N) is 1. The van der Waals surface area contributed by atoms with Gasteiger partial charge in [-0.3, -0.25) is 19.2 Å². The smallest absolute Gasteiger partial charge is 0.358 e. The van der Waals surface area contributed by atoms with Crippen LogP contribution in [0.25, 0.3) is 0 Å². The van der Waals surface area contributed by atoms with Crippen LogP contribution in [0.3, 0.4) is 0 Å². The first-order valence-electron chi connectivity index (χ1n) is 12.2. The van der Waals surface area contributed by atoms with Crippen molar-refractivity contribution in [3.05, 3.63) is 46.8 Å². The summed E-state index contributed by atoms with van der Waals surface area (Å²) < 4.78 is 6.56. The van der Waals surface area contributed by atoms with E-state index in [1.165, 1.54) is 23.6 Å². The summed E-state index contributed by atoms with van der Waals surface area (Å²) in [5, 5.41) is 7.58. The molecule has 182 valence electrons. The molecule has 4 rings (SSSR count). The zero-order valence-corrected chi connectivity index (χ0v) is 20.5. The second-order valence-corrected chi connectivity index (χ2v) is 9.59. The van der Waals surface area contributed by atoms with Gasteiger partial charge >= 0.3 is 5.97 Å². The van der Waals surface area contributed by atoms with Crippen molar-refractivity contribution in [2.75, 3.05) is 11.5 Å². The summed E-state index contributed by atoms with van der Waals surface area (Å²) in [7, 11) is 0. The molecule has 1 aliphatic carbocycles. The molecule has 2 heterocycles. The number of anilines is 1. The highest BCUT2D eigenvalue weighted by atomic mass is 16.5. The Kier molecular flexibility index (Phi) is 6.77. The lowest BCUT2D eigenvalue weighted by Crippen LogP contribution is -2.65. The standard InChI is InChI=1S/C26H34N4O4/c1-5-34-24(32)20-15-22-23(31)30(21-14-10-11-17(2)18(21)3)26(4,16-29(22)28-20)25(33)27-19-12-8-6-7-9-13-19/h10-11,14-15,19H,5-9,12-13,16H2,1-4H3,(H,27,33). The monoisotopic (exact) mass is 466 g/mol. The highest BCUT2D eigenvalue weighted by molar-refractivity contribution is 6.12. The molecule has 0 spiro atoms. The summed E-state index contributed by atoms with van der Waals surface area (Å²) in [5.74, 6) is -1.14. The number of esters is 1. The van der Waals surface area contributed by atoms with Crippen LogP contribution >= 0.6 is 0 Å². The van der Waals surface area contributed by atoms with E-state index in [-0.39, 0.29) is 42.4 Å². The van der Waals surface area contributed by atoms with Crippen LogP contribution in [0.15, 0.2) is 24.3 Å². The molecular weight excluding hydrogens is 432 g/mol. The lowest BCUT2D eigenvalue weighted by molar-refractivity contribution is -0.127.